The molecule has 6 nitrogen and oxygen atoms in total. The topological polar surface area (TPSA) is 68.2 Å². The summed E-state index contributed by atoms with van der Waals surface area (Å²) in [7, 11) is 3.07. The maximum Gasteiger partial charge on any atom is 0.227 e. The Balaban J connectivity index is 1.92. The van der Waals surface area contributed by atoms with Crippen molar-refractivity contribution in [1.29, 1.82) is 0 Å². The van der Waals surface area contributed by atoms with Gasteiger partial charge in [0.1, 0.15) is 11.9 Å². The lowest BCUT2D eigenvalue weighted by Gasteiger charge is -2.41. The molecule has 1 aliphatic heterocycles. The molecule has 2 unspecified atom stereocenters. The second kappa shape index (κ2) is 9.43. The molecular formula is C21H23ClFNO5. The quantitative estimate of drug-likeness (QED) is 0.773. The van der Waals surface area contributed by atoms with Crippen LogP contribution in [0.5, 0.6) is 11.5 Å². The largest absolute Gasteiger partial charge is 0.493 e. The molecule has 1 N–H and O–H groups in total. The van der Waals surface area contributed by atoms with Crippen LogP contribution in [0.25, 0.3) is 0 Å². The molecule has 0 aromatic heterocycles. The number of benzene rings is 2. The van der Waals surface area contributed by atoms with Crippen LogP contribution in [0.4, 0.5) is 4.39 Å². The Morgan fingerprint density at radius 3 is 2.66 bits per heavy atom. The Hall–Kier alpha value is -2.35. The highest BCUT2D eigenvalue weighted by Crippen LogP contribution is 2.36. The number of carbonyl (C=O) groups excluding carboxylic acids is 1. The van der Waals surface area contributed by atoms with E-state index in [2.05, 4.69) is 0 Å². The van der Waals surface area contributed by atoms with E-state index in [9.17, 15) is 14.3 Å². The highest BCUT2D eigenvalue weighted by Gasteiger charge is 2.36. The van der Waals surface area contributed by atoms with Crippen LogP contribution in [0.1, 0.15) is 17.2 Å². The number of aliphatic hydroxyl groups excluding tert-OH is 1. The average Bonchev–Trinajstić information content (AvgIpc) is 2.74. The van der Waals surface area contributed by atoms with Crippen molar-refractivity contribution in [3.05, 3.63) is 58.4 Å². The summed E-state index contributed by atoms with van der Waals surface area (Å²) in [5, 5.41) is 10.0. The summed E-state index contributed by atoms with van der Waals surface area (Å²) in [5.74, 6) is 0.423. The van der Waals surface area contributed by atoms with Crippen LogP contribution in [-0.2, 0) is 16.0 Å². The Morgan fingerprint density at radius 2 is 2.00 bits per heavy atom. The van der Waals surface area contributed by atoms with Gasteiger partial charge >= 0.3 is 0 Å². The lowest BCUT2D eigenvalue weighted by atomic mass is 9.97. The van der Waals surface area contributed by atoms with E-state index in [1.807, 2.05) is 6.07 Å². The van der Waals surface area contributed by atoms with Crippen LogP contribution in [0.2, 0.25) is 5.02 Å². The van der Waals surface area contributed by atoms with E-state index in [4.69, 9.17) is 25.8 Å². The number of morpholine rings is 1. The molecule has 2 aromatic rings. The molecule has 29 heavy (non-hydrogen) atoms. The lowest BCUT2D eigenvalue weighted by molar-refractivity contribution is -0.149. The molecule has 0 bridgehead atoms. The fourth-order valence-electron chi connectivity index (χ4n) is 3.53. The number of methoxy groups -OCH3 is 2. The SMILES string of the molecule is COc1ccc(C2C(CO)OCCN2C(=O)Cc2ccc(F)cc2Cl)cc1OC. The number of nitrogens with zero attached hydrogens (tertiary/aromatic N) is 1. The van der Waals surface area contributed by atoms with E-state index >= 15 is 0 Å². The first kappa shape index (κ1) is 21.4. The summed E-state index contributed by atoms with van der Waals surface area (Å²) in [6, 6.07) is 8.78. The minimum Gasteiger partial charge on any atom is -0.493 e. The smallest absolute Gasteiger partial charge is 0.227 e. The molecule has 1 aliphatic rings. The molecule has 0 radical (unpaired) electrons. The average molecular weight is 424 g/mol. The zero-order valence-electron chi connectivity index (χ0n) is 16.2. The number of amides is 1. The maximum atomic E-state index is 13.3. The van der Waals surface area contributed by atoms with Crippen molar-refractivity contribution in [1.82, 2.24) is 4.90 Å². The van der Waals surface area contributed by atoms with Gasteiger partial charge in [-0.1, -0.05) is 23.7 Å². The summed E-state index contributed by atoms with van der Waals surface area (Å²) in [6.07, 6.45) is -0.574. The number of hydrogen-bond donors (Lipinski definition) is 1. The molecule has 0 aliphatic carbocycles. The van der Waals surface area contributed by atoms with Crippen LogP contribution < -0.4 is 9.47 Å². The molecule has 156 valence electrons. The van der Waals surface area contributed by atoms with E-state index in [0.29, 0.717) is 30.2 Å². The van der Waals surface area contributed by atoms with Crippen molar-refractivity contribution in [2.24, 2.45) is 0 Å². The number of hydrogen-bond acceptors (Lipinski definition) is 5. The highest BCUT2D eigenvalue weighted by molar-refractivity contribution is 6.31. The van der Waals surface area contributed by atoms with Gasteiger partial charge < -0.3 is 24.2 Å². The van der Waals surface area contributed by atoms with Gasteiger partial charge in [-0.3, -0.25) is 4.79 Å². The van der Waals surface area contributed by atoms with Crippen molar-refractivity contribution >= 4 is 17.5 Å². The van der Waals surface area contributed by atoms with E-state index in [0.717, 1.165) is 5.56 Å². The third kappa shape index (κ3) is 4.63. The van der Waals surface area contributed by atoms with E-state index in [1.165, 1.54) is 25.3 Å². The standard InChI is InChI=1S/C21H23ClFNO5/c1-27-17-6-4-14(9-18(17)28-2)21-19(12-25)29-8-7-24(21)20(26)10-13-3-5-15(23)11-16(13)22/h3-6,9,11,19,21,25H,7-8,10,12H2,1-2H3. The monoisotopic (exact) mass is 423 g/mol. The summed E-state index contributed by atoms with van der Waals surface area (Å²) in [4.78, 5) is 14.8. The van der Waals surface area contributed by atoms with Crippen LogP contribution in [0.15, 0.2) is 36.4 Å². The van der Waals surface area contributed by atoms with E-state index < -0.39 is 18.0 Å². The molecule has 1 amide bonds. The van der Waals surface area contributed by atoms with Crippen molar-refractivity contribution < 1.29 is 28.5 Å². The maximum absolute atomic E-state index is 13.3. The summed E-state index contributed by atoms with van der Waals surface area (Å²) >= 11 is 6.09. The van der Waals surface area contributed by atoms with Crippen LogP contribution in [-0.4, -0.2) is 56.0 Å². The van der Waals surface area contributed by atoms with Gasteiger partial charge in [0.15, 0.2) is 11.5 Å². The Morgan fingerprint density at radius 1 is 1.24 bits per heavy atom. The number of halogens is 2. The Bertz CT molecular complexity index is 878. The highest BCUT2D eigenvalue weighted by atomic mass is 35.5. The zero-order valence-corrected chi connectivity index (χ0v) is 17.0. The van der Waals surface area contributed by atoms with Gasteiger partial charge in [-0.15, -0.1) is 0 Å². The van der Waals surface area contributed by atoms with E-state index in [1.54, 1.807) is 24.1 Å². The van der Waals surface area contributed by atoms with Crippen molar-refractivity contribution in [3.63, 3.8) is 0 Å². The lowest BCUT2D eigenvalue weighted by Crippen LogP contribution is -2.50. The van der Waals surface area contributed by atoms with E-state index in [-0.39, 0.29) is 24.0 Å². The van der Waals surface area contributed by atoms with Gasteiger partial charge in [0.2, 0.25) is 5.91 Å². The third-order valence-corrected chi connectivity index (χ3v) is 5.31. The van der Waals surface area contributed by atoms with Gasteiger partial charge in [-0.05, 0) is 35.4 Å². The van der Waals surface area contributed by atoms with Gasteiger partial charge in [-0.25, -0.2) is 4.39 Å². The second-order valence-corrected chi connectivity index (χ2v) is 7.06. The molecule has 0 saturated carbocycles. The first-order chi connectivity index (χ1) is 14.0. The predicted octanol–water partition coefficient (Wildman–Crippen LogP) is 3.00. The first-order valence-corrected chi connectivity index (χ1v) is 9.54. The summed E-state index contributed by atoms with van der Waals surface area (Å²) < 4.78 is 29.7. The molecule has 0 spiro atoms. The van der Waals surface area contributed by atoms with Crippen LogP contribution in [0, 0.1) is 5.82 Å². The van der Waals surface area contributed by atoms with Gasteiger partial charge in [0.05, 0.1) is 39.9 Å². The van der Waals surface area contributed by atoms with Crippen molar-refractivity contribution in [2.75, 3.05) is 34.0 Å². The second-order valence-electron chi connectivity index (χ2n) is 6.65. The molecular weight excluding hydrogens is 401 g/mol. The number of carbonyl (C=O) groups is 1. The zero-order chi connectivity index (χ0) is 21.0. The van der Waals surface area contributed by atoms with Gasteiger partial charge in [0, 0.05) is 11.6 Å². The van der Waals surface area contributed by atoms with Crippen molar-refractivity contribution in [2.45, 2.75) is 18.6 Å². The summed E-state index contributed by atoms with van der Waals surface area (Å²) in [6.45, 7) is 0.408. The third-order valence-electron chi connectivity index (χ3n) is 4.96. The number of rotatable bonds is 6. The van der Waals surface area contributed by atoms with Crippen LogP contribution >= 0.6 is 11.6 Å². The summed E-state index contributed by atoms with van der Waals surface area (Å²) in [5.41, 5.74) is 1.29. The van der Waals surface area contributed by atoms with Crippen molar-refractivity contribution in [3.8, 4) is 11.5 Å². The fourth-order valence-corrected chi connectivity index (χ4v) is 3.76. The molecule has 1 heterocycles. The first-order valence-electron chi connectivity index (χ1n) is 9.16. The molecule has 8 heteroatoms. The molecule has 2 atom stereocenters. The Kier molecular flexibility index (Phi) is 6.95. The molecule has 3 rings (SSSR count). The molecule has 1 fully saturated rings. The van der Waals surface area contributed by atoms with Gasteiger partial charge in [0.25, 0.3) is 0 Å². The van der Waals surface area contributed by atoms with Gasteiger partial charge in [-0.2, -0.15) is 0 Å². The fraction of sp³-hybridized carbons (Fsp3) is 0.381. The Labute approximate surface area is 173 Å². The minimum atomic E-state index is -0.588. The minimum absolute atomic E-state index is 0.0149. The number of aliphatic hydroxyl groups is 1. The molecule has 1 saturated heterocycles. The normalized spacial score (nSPS) is 19.1. The number of ether oxygens (including phenoxy) is 3. The predicted molar refractivity (Wildman–Crippen MR) is 106 cm³/mol. The molecule has 2 aromatic carbocycles. The van der Waals surface area contributed by atoms with Crippen LogP contribution in [0.3, 0.4) is 0 Å².